The van der Waals surface area contributed by atoms with E-state index in [1.807, 2.05) is 34.2 Å². The molecule has 23 heavy (non-hydrogen) atoms. The summed E-state index contributed by atoms with van der Waals surface area (Å²) in [5, 5.41) is 12.1. The zero-order chi connectivity index (χ0) is 15.6. The molecule has 4 rings (SSSR count). The highest BCUT2D eigenvalue weighted by atomic mass is 32.2. The zero-order valence-corrected chi connectivity index (χ0v) is 13.5. The predicted octanol–water partition coefficient (Wildman–Crippen LogP) is 4.28. The Kier molecular flexibility index (Phi) is 3.80. The molecule has 0 aliphatic carbocycles. The summed E-state index contributed by atoms with van der Waals surface area (Å²) in [5.74, 6) is 0.479. The summed E-state index contributed by atoms with van der Waals surface area (Å²) in [5.41, 5.74) is 2.74. The molecule has 4 nitrogen and oxygen atoms in total. The number of benzene rings is 1. The first-order chi connectivity index (χ1) is 11.3. The molecule has 3 heterocycles. The standard InChI is InChI=1S/C16H11FN4S2/c17-12-6-4-11(5-7-12)15-18-13(9-22-15)10-23-16-20-19-14-3-1-2-8-21(14)16/h1-9H,10H2. The summed E-state index contributed by atoms with van der Waals surface area (Å²) in [4.78, 5) is 4.61. The molecule has 0 fully saturated rings. The summed E-state index contributed by atoms with van der Waals surface area (Å²) in [7, 11) is 0. The van der Waals surface area contributed by atoms with Crippen LogP contribution in [0.5, 0.6) is 0 Å². The molecule has 0 aliphatic rings. The van der Waals surface area contributed by atoms with Crippen molar-refractivity contribution in [3.8, 4) is 10.6 Å². The van der Waals surface area contributed by atoms with Gasteiger partial charge in [-0.1, -0.05) is 17.8 Å². The molecule has 0 amide bonds. The van der Waals surface area contributed by atoms with Gasteiger partial charge in [0.05, 0.1) is 5.69 Å². The number of pyridine rings is 1. The van der Waals surface area contributed by atoms with Crippen LogP contribution in [0.4, 0.5) is 4.39 Å². The first kappa shape index (κ1) is 14.3. The second kappa shape index (κ2) is 6.10. The van der Waals surface area contributed by atoms with Crippen molar-refractivity contribution < 1.29 is 4.39 Å². The molecule has 0 saturated heterocycles. The molecule has 0 radical (unpaired) electrons. The van der Waals surface area contributed by atoms with Gasteiger partial charge in [-0.05, 0) is 36.4 Å². The van der Waals surface area contributed by atoms with Crippen LogP contribution in [0.25, 0.3) is 16.2 Å². The van der Waals surface area contributed by atoms with Crippen LogP contribution in [0.3, 0.4) is 0 Å². The quantitative estimate of drug-likeness (QED) is 0.519. The molecule has 3 aromatic heterocycles. The van der Waals surface area contributed by atoms with Gasteiger partial charge in [0, 0.05) is 22.9 Å². The number of rotatable bonds is 4. The van der Waals surface area contributed by atoms with Crippen molar-refractivity contribution in [1.82, 2.24) is 19.6 Å². The summed E-state index contributed by atoms with van der Waals surface area (Å²) in [6, 6.07) is 12.2. The number of aromatic nitrogens is 4. The van der Waals surface area contributed by atoms with E-state index < -0.39 is 0 Å². The molecule has 0 unspecified atom stereocenters. The molecule has 0 atom stereocenters. The maximum Gasteiger partial charge on any atom is 0.195 e. The van der Waals surface area contributed by atoms with Crippen molar-refractivity contribution in [3.63, 3.8) is 0 Å². The summed E-state index contributed by atoms with van der Waals surface area (Å²) < 4.78 is 14.9. The van der Waals surface area contributed by atoms with Gasteiger partial charge in [-0.2, -0.15) is 0 Å². The lowest BCUT2D eigenvalue weighted by molar-refractivity contribution is 0.628. The fraction of sp³-hybridized carbons (Fsp3) is 0.0625. The van der Waals surface area contributed by atoms with E-state index in [4.69, 9.17) is 0 Å². The minimum absolute atomic E-state index is 0.236. The molecule has 114 valence electrons. The van der Waals surface area contributed by atoms with E-state index in [0.29, 0.717) is 5.75 Å². The van der Waals surface area contributed by atoms with E-state index in [9.17, 15) is 4.39 Å². The summed E-state index contributed by atoms with van der Waals surface area (Å²) >= 11 is 3.15. The average molecular weight is 342 g/mol. The fourth-order valence-electron chi connectivity index (χ4n) is 2.15. The Balaban J connectivity index is 1.51. The minimum Gasteiger partial charge on any atom is -0.277 e. The number of hydrogen-bond donors (Lipinski definition) is 0. The average Bonchev–Trinajstić information content (AvgIpc) is 3.20. The first-order valence-corrected chi connectivity index (χ1v) is 8.79. The molecule has 1 aromatic carbocycles. The van der Waals surface area contributed by atoms with Gasteiger partial charge in [-0.15, -0.1) is 21.5 Å². The van der Waals surface area contributed by atoms with E-state index in [0.717, 1.165) is 27.1 Å². The fourth-order valence-corrected chi connectivity index (χ4v) is 3.90. The van der Waals surface area contributed by atoms with E-state index in [2.05, 4.69) is 15.2 Å². The lowest BCUT2D eigenvalue weighted by Gasteiger charge is -1.98. The lowest BCUT2D eigenvalue weighted by Crippen LogP contribution is -1.88. The van der Waals surface area contributed by atoms with Crippen LogP contribution in [0.2, 0.25) is 0 Å². The lowest BCUT2D eigenvalue weighted by atomic mass is 10.2. The van der Waals surface area contributed by atoms with Crippen LogP contribution in [0.1, 0.15) is 5.69 Å². The molecular formula is C16H11FN4S2. The number of thioether (sulfide) groups is 1. The first-order valence-electron chi connectivity index (χ1n) is 6.92. The Morgan fingerprint density at radius 3 is 2.83 bits per heavy atom. The third-order valence-corrected chi connectivity index (χ3v) is 5.19. The maximum absolute atomic E-state index is 13.0. The number of hydrogen-bond acceptors (Lipinski definition) is 5. The van der Waals surface area contributed by atoms with Gasteiger partial charge in [0.2, 0.25) is 0 Å². The summed E-state index contributed by atoms with van der Waals surface area (Å²) in [6.45, 7) is 0. The molecule has 7 heteroatoms. The largest absolute Gasteiger partial charge is 0.277 e. The van der Waals surface area contributed by atoms with Crippen LogP contribution in [0.15, 0.2) is 59.2 Å². The number of nitrogens with zero attached hydrogens (tertiary/aromatic N) is 4. The van der Waals surface area contributed by atoms with Gasteiger partial charge in [-0.3, -0.25) is 4.40 Å². The van der Waals surface area contributed by atoms with Gasteiger partial charge in [0.1, 0.15) is 10.8 Å². The maximum atomic E-state index is 13.0. The predicted molar refractivity (Wildman–Crippen MR) is 90.1 cm³/mol. The Hall–Kier alpha value is -2.25. The van der Waals surface area contributed by atoms with Crippen molar-refractivity contribution in [2.75, 3.05) is 0 Å². The third kappa shape index (κ3) is 2.97. The SMILES string of the molecule is Fc1ccc(-c2nc(CSc3nnc4ccccn34)cs2)cc1. The van der Waals surface area contributed by atoms with Gasteiger partial charge < -0.3 is 0 Å². The topological polar surface area (TPSA) is 43.1 Å². The highest BCUT2D eigenvalue weighted by Crippen LogP contribution is 2.27. The Bertz CT molecular complexity index is 946. The van der Waals surface area contributed by atoms with Gasteiger partial charge in [-0.25, -0.2) is 9.37 Å². The van der Waals surface area contributed by atoms with Crippen LogP contribution >= 0.6 is 23.1 Å². The molecule has 0 bridgehead atoms. The van der Waals surface area contributed by atoms with Crippen LogP contribution in [-0.4, -0.2) is 19.6 Å². The number of fused-ring (bicyclic) bond motifs is 1. The smallest absolute Gasteiger partial charge is 0.195 e. The van der Waals surface area contributed by atoms with E-state index in [1.165, 1.54) is 12.1 Å². The van der Waals surface area contributed by atoms with E-state index in [1.54, 1.807) is 35.2 Å². The van der Waals surface area contributed by atoms with E-state index in [-0.39, 0.29) is 5.82 Å². The van der Waals surface area contributed by atoms with Crippen molar-refractivity contribution in [1.29, 1.82) is 0 Å². The van der Waals surface area contributed by atoms with Gasteiger partial charge in [0.15, 0.2) is 10.8 Å². The van der Waals surface area contributed by atoms with Gasteiger partial charge >= 0.3 is 0 Å². The van der Waals surface area contributed by atoms with Crippen molar-refractivity contribution in [2.24, 2.45) is 0 Å². The molecule has 0 aliphatic heterocycles. The van der Waals surface area contributed by atoms with Crippen LogP contribution in [0, 0.1) is 5.82 Å². The third-order valence-electron chi connectivity index (χ3n) is 3.27. The van der Waals surface area contributed by atoms with Crippen molar-refractivity contribution in [3.05, 3.63) is 65.6 Å². The second-order valence-electron chi connectivity index (χ2n) is 4.85. The van der Waals surface area contributed by atoms with Crippen LogP contribution < -0.4 is 0 Å². The van der Waals surface area contributed by atoms with Gasteiger partial charge in [0.25, 0.3) is 0 Å². The molecule has 4 aromatic rings. The molecular weight excluding hydrogens is 331 g/mol. The van der Waals surface area contributed by atoms with Crippen LogP contribution in [-0.2, 0) is 5.75 Å². The van der Waals surface area contributed by atoms with Crippen molar-refractivity contribution in [2.45, 2.75) is 10.9 Å². The number of halogens is 1. The Morgan fingerprint density at radius 1 is 1.09 bits per heavy atom. The van der Waals surface area contributed by atoms with E-state index >= 15 is 0 Å². The highest BCUT2D eigenvalue weighted by molar-refractivity contribution is 7.98. The Morgan fingerprint density at radius 2 is 1.96 bits per heavy atom. The molecule has 0 saturated carbocycles. The second-order valence-corrected chi connectivity index (χ2v) is 6.65. The zero-order valence-electron chi connectivity index (χ0n) is 11.9. The minimum atomic E-state index is -0.236. The highest BCUT2D eigenvalue weighted by Gasteiger charge is 2.09. The molecule has 0 spiro atoms. The van der Waals surface area contributed by atoms with Crippen molar-refractivity contribution >= 4 is 28.7 Å². The Labute approximate surface area is 140 Å². The normalized spacial score (nSPS) is 11.2. The summed E-state index contributed by atoms with van der Waals surface area (Å²) in [6.07, 6.45) is 1.95. The monoisotopic (exact) mass is 342 g/mol. The number of thiazole rings is 1. The molecule has 0 N–H and O–H groups in total.